The van der Waals surface area contributed by atoms with Gasteiger partial charge < -0.3 is 15.2 Å². The fraction of sp³-hybridized carbons (Fsp3) is 0.467. The molecule has 1 rings (SSSR count). The van der Waals surface area contributed by atoms with Gasteiger partial charge in [-0.05, 0) is 24.0 Å². The lowest BCUT2D eigenvalue weighted by atomic mass is 10.1. The summed E-state index contributed by atoms with van der Waals surface area (Å²) in [4.78, 5) is 22.5. The van der Waals surface area contributed by atoms with E-state index in [0.717, 1.165) is 5.56 Å². The number of carbonyl (C=O) groups excluding carboxylic acids is 1. The summed E-state index contributed by atoms with van der Waals surface area (Å²) < 4.78 is 5.00. The number of ether oxygens (including phenoxy) is 1. The fourth-order valence-electron chi connectivity index (χ4n) is 1.96. The van der Waals surface area contributed by atoms with Crippen LogP contribution in [-0.2, 0) is 20.7 Å². The van der Waals surface area contributed by atoms with Crippen LogP contribution < -0.4 is 5.32 Å². The van der Waals surface area contributed by atoms with E-state index in [1.807, 2.05) is 25.1 Å². The molecule has 1 atom stereocenters. The second-order valence-electron chi connectivity index (χ2n) is 4.86. The molecular weight excluding hydrogens is 258 g/mol. The van der Waals surface area contributed by atoms with E-state index in [0.29, 0.717) is 25.1 Å². The Kier molecular flexibility index (Phi) is 6.73. The number of anilines is 1. The number of amides is 1. The summed E-state index contributed by atoms with van der Waals surface area (Å²) in [5.74, 6) is -0.789. The zero-order chi connectivity index (χ0) is 15.0. The van der Waals surface area contributed by atoms with Crippen LogP contribution in [0.15, 0.2) is 24.3 Å². The number of aryl methyl sites for hydroxylation is 1. The molecule has 0 aliphatic heterocycles. The standard InChI is InChI=1S/C15H21NO4/c1-11(10-20-2)9-14(17)16-13-6-4-3-5-12(13)7-8-15(18)19/h3-6,11H,7-10H2,1-2H3,(H,16,17)(H,18,19). The lowest BCUT2D eigenvalue weighted by molar-refractivity contribution is -0.137. The summed E-state index contributed by atoms with van der Waals surface area (Å²) in [6.45, 7) is 2.48. The number of methoxy groups -OCH3 is 1. The average molecular weight is 279 g/mol. The third-order valence-corrected chi connectivity index (χ3v) is 2.88. The molecule has 0 heterocycles. The van der Waals surface area contributed by atoms with Gasteiger partial charge in [-0.2, -0.15) is 0 Å². The maximum atomic E-state index is 11.9. The highest BCUT2D eigenvalue weighted by molar-refractivity contribution is 5.91. The smallest absolute Gasteiger partial charge is 0.303 e. The van der Waals surface area contributed by atoms with Crippen molar-refractivity contribution < 1.29 is 19.4 Å². The van der Waals surface area contributed by atoms with Gasteiger partial charge in [0.2, 0.25) is 5.91 Å². The molecule has 1 unspecified atom stereocenters. The first-order valence-corrected chi connectivity index (χ1v) is 6.61. The lowest BCUT2D eigenvalue weighted by Crippen LogP contribution is -2.18. The Morgan fingerprint density at radius 2 is 2.05 bits per heavy atom. The van der Waals surface area contributed by atoms with Crippen LogP contribution in [0, 0.1) is 5.92 Å². The Morgan fingerprint density at radius 1 is 1.35 bits per heavy atom. The van der Waals surface area contributed by atoms with E-state index in [1.165, 1.54) is 0 Å². The predicted molar refractivity (Wildman–Crippen MR) is 76.7 cm³/mol. The van der Waals surface area contributed by atoms with Crippen LogP contribution in [0.5, 0.6) is 0 Å². The Bertz CT molecular complexity index is 459. The second kappa shape index (κ2) is 8.32. The second-order valence-corrected chi connectivity index (χ2v) is 4.86. The highest BCUT2D eigenvalue weighted by atomic mass is 16.5. The number of aliphatic carboxylic acids is 1. The van der Waals surface area contributed by atoms with E-state index in [1.54, 1.807) is 13.2 Å². The molecule has 5 heteroatoms. The van der Waals surface area contributed by atoms with Gasteiger partial charge in [-0.15, -0.1) is 0 Å². The predicted octanol–water partition coefficient (Wildman–Crippen LogP) is 2.31. The topological polar surface area (TPSA) is 75.6 Å². The van der Waals surface area contributed by atoms with Gasteiger partial charge in [0.05, 0.1) is 0 Å². The molecule has 0 saturated carbocycles. The molecule has 0 aromatic heterocycles. The highest BCUT2D eigenvalue weighted by Crippen LogP contribution is 2.18. The Labute approximate surface area is 118 Å². The van der Waals surface area contributed by atoms with Crippen LogP contribution >= 0.6 is 0 Å². The third-order valence-electron chi connectivity index (χ3n) is 2.88. The van der Waals surface area contributed by atoms with Crippen molar-refractivity contribution in [3.63, 3.8) is 0 Å². The molecule has 1 aromatic carbocycles. The fourth-order valence-corrected chi connectivity index (χ4v) is 1.96. The van der Waals surface area contributed by atoms with Gasteiger partial charge in [0, 0.05) is 32.2 Å². The molecule has 0 fully saturated rings. The largest absolute Gasteiger partial charge is 0.481 e. The maximum Gasteiger partial charge on any atom is 0.303 e. The van der Waals surface area contributed by atoms with Crippen LogP contribution in [-0.4, -0.2) is 30.7 Å². The van der Waals surface area contributed by atoms with Crippen LogP contribution in [0.1, 0.15) is 25.3 Å². The summed E-state index contributed by atoms with van der Waals surface area (Å²) in [5, 5.41) is 11.6. The molecule has 110 valence electrons. The number of rotatable bonds is 8. The Hall–Kier alpha value is -1.88. The molecule has 0 aliphatic carbocycles. The summed E-state index contributed by atoms with van der Waals surface area (Å²) in [6.07, 6.45) is 0.827. The first-order chi connectivity index (χ1) is 9.52. The number of carbonyl (C=O) groups is 2. The third kappa shape index (κ3) is 5.84. The molecular formula is C15H21NO4. The molecule has 1 aromatic rings. The van der Waals surface area contributed by atoms with E-state index in [-0.39, 0.29) is 18.2 Å². The average Bonchev–Trinajstić information content (AvgIpc) is 2.37. The summed E-state index contributed by atoms with van der Waals surface area (Å²) in [7, 11) is 1.61. The quantitative estimate of drug-likeness (QED) is 0.765. The lowest BCUT2D eigenvalue weighted by Gasteiger charge is -2.13. The minimum atomic E-state index is -0.847. The summed E-state index contributed by atoms with van der Waals surface area (Å²) in [6, 6.07) is 7.27. The van der Waals surface area contributed by atoms with E-state index in [2.05, 4.69) is 5.32 Å². The van der Waals surface area contributed by atoms with Crippen LogP contribution in [0.25, 0.3) is 0 Å². The summed E-state index contributed by atoms with van der Waals surface area (Å²) in [5.41, 5.74) is 1.52. The molecule has 5 nitrogen and oxygen atoms in total. The number of hydrogen-bond acceptors (Lipinski definition) is 3. The number of benzene rings is 1. The van der Waals surface area contributed by atoms with Crippen molar-refractivity contribution >= 4 is 17.6 Å². The van der Waals surface area contributed by atoms with Crippen molar-refractivity contribution in [1.82, 2.24) is 0 Å². The molecule has 1 amide bonds. The molecule has 0 saturated heterocycles. The highest BCUT2D eigenvalue weighted by Gasteiger charge is 2.11. The van der Waals surface area contributed by atoms with E-state index in [4.69, 9.17) is 9.84 Å². The molecule has 2 N–H and O–H groups in total. The number of para-hydroxylation sites is 1. The van der Waals surface area contributed by atoms with Crippen molar-refractivity contribution in [2.75, 3.05) is 19.0 Å². The monoisotopic (exact) mass is 279 g/mol. The van der Waals surface area contributed by atoms with Crippen molar-refractivity contribution in [2.45, 2.75) is 26.2 Å². The number of carboxylic acid groups (broad SMARTS) is 1. The van der Waals surface area contributed by atoms with Crippen LogP contribution in [0.2, 0.25) is 0 Å². The van der Waals surface area contributed by atoms with Crippen molar-refractivity contribution in [1.29, 1.82) is 0 Å². The molecule has 0 spiro atoms. The van der Waals surface area contributed by atoms with Gasteiger partial charge in [-0.1, -0.05) is 25.1 Å². The van der Waals surface area contributed by atoms with Gasteiger partial charge in [0.25, 0.3) is 0 Å². The normalized spacial score (nSPS) is 11.9. The molecule has 20 heavy (non-hydrogen) atoms. The Balaban J connectivity index is 2.62. The zero-order valence-corrected chi connectivity index (χ0v) is 11.9. The zero-order valence-electron chi connectivity index (χ0n) is 11.9. The first-order valence-electron chi connectivity index (χ1n) is 6.61. The van der Waals surface area contributed by atoms with Gasteiger partial charge in [0.1, 0.15) is 0 Å². The first kappa shape index (κ1) is 16.2. The minimum Gasteiger partial charge on any atom is -0.481 e. The minimum absolute atomic E-state index is 0.0486. The van der Waals surface area contributed by atoms with Crippen molar-refractivity contribution in [2.24, 2.45) is 5.92 Å². The van der Waals surface area contributed by atoms with Crippen molar-refractivity contribution in [3.05, 3.63) is 29.8 Å². The SMILES string of the molecule is COCC(C)CC(=O)Nc1ccccc1CCC(=O)O. The van der Waals surface area contributed by atoms with Gasteiger partial charge in [0.15, 0.2) is 0 Å². The molecule has 0 bridgehead atoms. The maximum absolute atomic E-state index is 11.9. The van der Waals surface area contributed by atoms with Gasteiger partial charge in [-0.25, -0.2) is 0 Å². The van der Waals surface area contributed by atoms with E-state index >= 15 is 0 Å². The van der Waals surface area contributed by atoms with Crippen molar-refractivity contribution in [3.8, 4) is 0 Å². The van der Waals surface area contributed by atoms with E-state index < -0.39 is 5.97 Å². The van der Waals surface area contributed by atoms with E-state index in [9.17, 15) is 9.59 Å². The van der Waals surface area contributed by atoms with Crippen LogP contribution in [0.4, 0.5) is 5.69 Å². The molecule has 0 radical (unpaired) electrons. The van der Waals surface area contributed by atoms with Gasteiger partial charge in [-0.3, -0.25) is 9.59 Å². The van der Waals surface area contributed by atoms with Crippen LogP contribution in [0.3, 0.4) is 0 Å². The number of hydrogen-bond donors (Lipinski definition) is 2. The Morgan fingerprint density at radius 3 is 2.70 bits per heavy atom. The molecule has 0 aliphatic rings. The number of carboxylic acids is 1. The summed E-state index contributed by atoms with van der Waals surface area (Å²) >= 11 is 0. The number of nitrogens with one attached hydrogen (secondary N) is 1. The van der Waals surface area contributed by atoms with Gasteiger partial charge >= 0.3 is 5.97 Å².